The topological polar surface area (TPSA) is 75.6 Å². The van der Waals surface area contributed by atoms with Gasteiger partial charge >= 0.3 is 12.1 Å². The van der Waals surface area contributed by atoms with Gasteiger partial charge in [-0.2, -0.15) is 0 Å². The first-order chi connectivity index (χ1) is 8.58. The highest BCUT2D eigenvalue weighted by Gasteiger charge is 2.48. The largest absolute Gasteiger partial charge is 0.481 e. The Morgan fingerprint density at radius 3 is 2.37 bits per heavy atom. The summed E-state index contributed by atoms with van der Waals surface area (Å²) in [5, 5.41) is 12.2. The number of aliphatic carboxylic acids is 1. The highest BCUT2D eigenvalue weighted by molar-refractivity contribution is 5.75. The summed E-state index contributed by atoms with van der Waals surface area (Å²) >= 11 is 0. The molecule has 0 aromatic rings. The molecule has 0 heterocycles. The standard InChI is InChI=1S/C14H25NO4/c1-6-9-7-10(8-14(9,5)11(16)17)15-12(18)19-13(2,3)4/h9-10H,6-8H2,1-5H3,(H,15,18)(H,16,17)/t9?,10-,14+/m1/s1. The summed E-state index contributed by atoms with van der Waals surface area (Å²) in [5.74, 6) is -0.697. The van der Waals surface area contributed by atoms with E-state index in [-0.39, 0.29) is 12.0 Å². The Morgan fingerprint density at radius 2 is 2.00 bits per heavy atom. The Morgan fingerprint density at radius 1 is 1.42 bits per heavy atom. The fourth-order valence-corrected chi connectivity index (χ4v) is 2.83. The van der Waals surface area contributed by atoms with E-state index < -0.39 is 23.1 Å². The molecule has 1 aliphatic carbocycles. The molecule has 19 heavy (non-hydrogen) atoms. The molecule has 0 aromatic heterocycles. The number of ether oxygens (including phenoxy) is 1. The van der Waals surface area contributed by atoms with Crippen LogP contribution < -0.4 is 5.32 Å². The van der Waals surface area contributed by atoms with Gasteiger partial charge in [-0.1, -0.05) is 13.3 Å². The Labute approximate surface area is 114 Å². The number of carbonyl (C=O) groups is 2. The molecule has 0 radical (unpaired) electrons. The Kier molecular flexibility index (Phi) is 4.48. The van der Waals surface area contributed by atoms with Gasteiger partial charge in [0.2, 0.25) is 0 Å². The minimum Gasteiger partial charge on any atom is -0.481 e. The number of hydrogen-bond acceptors (Lipinski definition) is 3. The van der Waals surface area contributed by atoms with E-state index in [1.54, 1.807) is 27.7 Å². The Hall–Kier alpha value is -1.26. The van der Waals surface area contributed by atoms with Crippen LogP contribution in [0, 0.1) is 11.3 Å². The van der Waals surface area contributed by atoms with E-state index in [4.69, 9.17) is 4.74 Å². The van der Waals surface area contributed by atoms with E-state index in [0.717, 1.165) is 6.42 Å². The number of carboxylic acid groups (broad SMARTS) is 1. The fourth-order valence-electron chi connectivity index (χ4n) is 2.83. The van der Waals surface area contributed by atoms with Crippen LogP contribution in [0.2, 0.25) is 0 Å². The van der Waals surface area contributed by atoms with Crippen LogP contribution in [0.15, 0.2) is 0 Å². The second kappa shape index (κ2) is 5.39. The third kappa shape index (κ3) is 3.85. The summed E-state index contributed by atoms with van der Waals surface area (Å²) < 4.78 is 5.20. The second-order valence-electron chi connectivity index (χ2n) is 6.61. The molecular weight excluding hydrogens is 246 g/mol. The third-order valence-electron chi connectivity index (χ3n) is 3.84. The first-order valence-corrected chi connectivity index (χ1v) is 6.81. The molecule has 110 valence electrons. The number of amides is 1. The molecule has 0 spiro atoms. The van der Waals surface area contributed by atoms with Crippen LogP contribution in [-0.2, 0) is 9.53 Å². The average molecular weight is 271 g/mol. The van der Waals surface area contributed by atoms with Crippen LogP contribution in [-0.4, -0.2) is 28.8 Å². The van der Waals surface area contributed by atoms with Crippen LogP contribution in [0.1, 0.15) is 53.9 Å². The SMILES string of the molecule is CCC1C[C@@H](NC(=O)OC(C)(C)C)C[C@]1(C)C(=O)O. The van der Waals surface area contributed by atoms with Crippen molar-refractivity contribution in [2.75, 3.05) is 0 Å². The van der Waals surface area contributed by atoms with E-state index in [9.17, 15) is 14.7 Å². The van der Waals surface area contributed by atoms with E-state index in [2.05, 4.69) is 5.32 Å². The number of carbonyl (C=O) groups excluding carboxylic acids is 1. The minimum absolute atomic E-state index is 0.0879. The van der Waals surface area contributed by atoms with Gasteiger partial charge in [-0.15, -0.1) is 0 Å². The summed E-state index contributed by atoms with van der Waals surface area (Å²) in [4.78, 5) is 23.1. The summed E-state index contributed by atoms with van der Waals surface area (Å²) in [6.45, 7) is 9.16. The fraction of sp³-hybridized carbons (Fsp3) is 0.857. The van der Waals surface area contributed by atoms with Crippen LogP contribution in [0.4, 0.5) is 4.79 Å². The van der Waals surface area contributed by atoms with Crippen LogP contribution >= 0.6 is 0 Å². The predicted octanol–water partition coefficient (Wildman–Crippen LogP) is 2.79. The van der Waals surface area contributed by atoms with Gasteiger partial charge in [0.15, 0.2) is 0 Å². The predicted molar refractivity (Wildman–Crippen MR) is 71.9 cm³/mol. The lowest BCUT2D eigenvalue weighted by Gasteiger charge is -2.25. The lowest BCUT2D eigenvalue weighted by Crippen LogP contribution is -2.39. The molecule has 0 aromatic carbocycles. The zero-order valence-electron chi connectivity index (χ0n) is 12.4. The lowest BCUT2D eigenvalue weighted by molar-refractivity contribution is -0.150. The highest BCUT2D eigenvalue weighted by atomic mass is 16.6. The van der Waals surface area contributed by atoms with Crippen molar-refractivity contribution < 1.29 is 19.4 Å². The van der Waals surface area contributed by atoms with Crippen molar-refractivity contribution in [1.29, 1.82) is 0 Å². The number of rotatable bonds is 3. The first-order valence-electron chi connectivity index (χ1n) is 6.81. The molecule has 3 atom stereocenters. The summed E-state index contributed by atoms with van der Waals surface area (Å²) in [5.41, 5.74) is -1.29. The van der Waals surface area contributed by atoms with Crippen LogP contribution in [0.3, 0.4) is 0 Å². The number of carboxylic acids is 1. The normalized spacial score (nSPS) is 31.0. The molecule has 0 saturated heterocycles. The molecule has 1 saturated carbocycles. The number of hydrogen-bond donors (Lipinski definition) is 2. The molecule has 5 heteroatoms. The maximum absolute atomic E-state index is 11.7. The molecule has 1 rings (SSSR count). The summed E-state index contributed by atoms with van der Waals surface area (Å²) in [7, 11) is 0. The van der Waals surface area contributed by atoms with E-state index in [1.165, 1.54) is 0 Å². The second-order valence-corrected chi connectivity index (χ2v) is 6.61. The molecule has 1 amide bonds. The van der Waals surface area contributed by atoms with Gasteiger partial charge in [0, 0.05) is 6.04 Å². The van der Waals surface area contributed by atoms with Gasteiger partial charge in [0.25, 0.3) is 0 Å². The summed E-state index contributed by atoms with van der Waals surface area (Å²) in [6, 6.07) is -0.124. The van der Waals surface area contributed by atoms with Gasteiger partial charge in [-0.3, -0.25) is 4.79 Å². The quantitative estimate of drug-likeness (QED) is 0.827. The van der Waals surface area contributed by atoms with Crippen molar-refractivity contribution in [2.24, 2.45) is 11.3 Å². The zero-order chi connectivity index (χ0) is 14.8. The lowest BCUT2D eigenvalue weighted by atomic mass is 9.78. The van der Waals surface area contributed by atoms with Gasteiger partial charge < -0.3 is 15.2 Å². The van der Waals surface area contributed by atoms with Crippen LogP contribution in [0.5, 0.6) is 0 Å². The van der Waals surface area contributed by atoms with Gasteiger partial charge in [-0.05, 0) is 46.5 Å². The Balaban J connectivity index is 2.64. The highest BCUT2D eigenvalue weighted by Crippen LogP contribution is 2.45. The maximum Gasteiger partial charge on any atom is 0.407 e. The molecule has 1 unspecified atom stereocenters. The van der Waals surface area contributed by atoms with Crippen molar-refractivity contribution in [3.63, 3.8) is 0 Å². The van der Waals surface area contributed by atoms with E-state index >= 15 is 0 Å². The third-order valence-corrected chi connectivity index (χ3v) is 3.84. The maximum atomic E-state index is 11.7. The van der Waals surface area contributed by atoms with Gasteiger partial charge in [0.1, 0.15) is 5.60 Å². The molecule has 1 fully saturated rings. The van der Waals surface area contributed by atoms with Gasteiger partial charge in [0.05, 0.1) is 5.41 Å². The molecular formula is C14H25NO4. The smallest absolute Gasteiger partial charge is 0.407 e. The van der Waals surface area contributed by atoms with Crippen molar-refractivity contribution >= 4 is 12.1 Å². The Bertz CT molecular complexity index is 361. The van der Waals surface area contributed by atoms with E-state index in [1.807, 2.05) is 6.92 Å². The van der Waals surface area contributed by atoms with Crippen molar-refractivity contribution in [2.45, 2.75) is 65.5 Å². The minimum atomic E-state index is -0.784. The van der Waals surface area contributed by atoms with Crippen molar-refractivity contribution in [1.82, 2.24) is 5.32 Å². The molecule has 0 bridgehead atoms. The van der Waals surface area contributed by atoms with Crippen molar-refractivity contribution in [3.8, 4) is 0 Å². The average Bonchev–Trinajstić information content (AvgIpc) is 2.53. The summed E-state index contributed by atoms with van der Waals surface area (Å²) in [6.07, 6.45) is 1.48. The van der Waals surface area contributed by atoms with Gasteiger partial charge in [-0.25, -0.2) is 4.79 Å². The molecule has 5 nitrogen and oxygen atoms in total. The number of alkyl carbamates (subject to hydrolysis) is 1. The molecule has 1 aliphatic rings. The monoisotopic (exact) mass is 271 g/mol. The molecule has 0 aliphatic heterocycles. The van der Waals surface area contributed by atoms with Crippen LogP contribution in [0.25, 0.3) is 0 Å². The first kappa shape index (κ1) is 15.8. The molecule has 2 N–H and O–H groups in total. The zero-order valence-corrected chi connectivity index (χ0v) is 12.4. The number of nitrogens with one attached hydrogen (secondary N) is 1. The van der Waals surface area contributed by atoms with E-state index in [0.29, 0.717) is 12.8 Å². The van der Waals surface area contributed by atoms with Crippen molar-refractivity contribution in [3.05, 3.63) is 0 Å².